The molecule has 6 heteroatoms. The molecule has 0 radical (unpaired) electrons. The predicted octanol–water partition coefficient (Wildman–Crippen LogP) is 3.76. The van der Waals surface area contributed by atoms with E-state index in [0.29, 0.717) is 5.75 Å². The number of unbranched alkanes of at least 4 members (excludes halogenated alkanes) is 1. The van der Waals surface area contributed by atoms with Crippen LogP contribution in [0.3, 0.4) is 0 Å². The number of nitrogens with zero attached hydrogens (tertiary/aromatic N) is 1. The SMILES string of the molecule is CCCCc1ccc(/C=N/NC(=O)COc2ccc(F)cc2)s1. The van der Waals surface area contributed by atoms with Crippen LogP contribution in [0, 0.1) is 5.82 Å². The number of amides is 1. The van der Waals surface area contributed by atoms with Gasteiger partial charge in [0, 0.05) is 9.75 Å². The normalized spacial score (nSPS) is 10.9. The lowest BCUT2D eigenvalue weighted by Gasteiger charge is -2.04. The Hall–Kier alpha value is -2.21. The first-order chi connectivity index (χ1) is 11.2. The van der Waals surface area contributed by atoms with E-state index >= 15 is 0 Å². The lowest BCUT2D eigenvalue weighted by Crippen LogP contribution is -2.24. The van der Waals surface area contributed by atoms with E-state index in [1.807, 2.05) is 6.07 Å². The zero-order valence-corrected chi connectivity index (χ0v) is 13.7. The molecule has 0 saturated carbocycles. The average molecular weight is 334 g/mol. The maximum Gasteiger partial charge on any atom is 0.277 e. The van der Waals surface area contributed by atoms with Crippen LogP contribution in [0.4, 0.5) is 4.39 Å². The second-order valence-electron chi connectivity index (χ2n) is 4.94. The van der Waals surface area contributed by atoms with E-state index in [4.69, 9.17) is 4.74 Å². The van der Waals surface area contributed by atoms with Crippen LogP contribution in [-0.4, -0.2) is 18.7 Å². The van der Waals surface area contributed by atoms with Crippen LogP contribution in [0.2, 0.25) is 0 Å². The molecule has 1 amide bonds. The van der Waals surface area contributed by atoms with Gasteiger partial charge in [-0.05, 0) is 49.2 Å². The third-order valence-electron chi connectivity index (χ3n) is 3.02. The largest absolute Gasteiger partial charge is 0.484 e. The van der Waals surface area contributed by atoms with Crippen LogP contribution >= 0.6 is 11.3 Å². The van der Waals surface area contributed by atoms with E-state index in [1.54, 1.807) is 17.6 Å². The smallest absolute Gasteiger partial charge is 0.277 e. The fourth-order valence-corrected chi connectivity index (χ4v) is 2.76. The molecule has 0 unspecified atom stereocenters. The lowest BCUT2D eigenvalue weighted by atomic mass is 10.2. The van der Waals surface area contributed by atoms with Gasteiger partial charge in [-0.3, -0.25) is 4.79 Å². The first-order valence-electron chi connectivity index (χ1n) is 7.46. The van der Waals surface area contributed by atoms with Crippen LogP contribution in [0.15, 0.2) is 41.5 Å². The number of aryl methyl sites for hydroxylation is 1. The Labute approximate surface area is 139 Å². The van der Waals surface area contributed by atoms with Crippen molar-refractivity contribution < 1.29 is 13.9 Å². The summed E-state index contributed by atoms with van der Waals surface area (Å²) in [7, 11) is 0. The number of hydrazone groups is 1. The molecule has 23 heavy (non-hydrogen) atoms. The van der Waals surface area contributed by atoms with Crippen molar-refractivity contribution in [3.05, 3.63) is 52.0 Å². The Kier molecular flexibility index (Phi) is 6.75. The molecule has 0 bridgehead atoms. The molecule has 2 aromatic rings. The van der Waals surface area contributed by atoms with Gasteiger partial charge in [0.25, 0.3) is 5.91 Å². The summed E-state index contributed by atoms with van der Waals surface area (Å²) >= 11 is 1.67. The third-order valence-corrected chi connectivity index (χ3v) is 4.10. The van der Waals surface area contributed by atoms with Gasteiger partial charge in [0.05, 0.1) is 6.21 Å². The summed E-state index contributed by atoms with van der Waals surface area (Å²) in [6, 6.07) is 9.56. The summed E-state index contributed by atoms with van der Waals surface area (Å²) in [4.78, 5) is 13.9. The highest BCUT2D eigenvalue weighted by Crippen LogP contribution is 2.16. The molecule has 0 fully saturated rings. The molecule has 0 aliphatic heterocycles. The maximum atomic E-state index is 12.7. The fraction of sp³-hybridized carbons (Fsp3) is 0.294. The lowest BCUT2D eigenvalue weighted by molar-refractivity contribution is -0.123. The minimum Gasteiger partial charge on any atom is -0.484 e. The van der Waals surface area contributed by atoms with Crippen molar-refractivity contribution >= 4 is 23.5 Å². The molecule has 1 N–H and O–H groups in total. The van der Waals surface area contributed by atoms with Gasteiger partial charge in [0.2, 0.25) is 0 Å². The minimum absolute atomic E-state index is 0.171. The van der Waals surface area contributed by atoms with E-state index < -0.39 is 0 Å². The minimum atomic E-state index is -0.367. The summed E-state index contributed by atoms with van der Waals surface area (Å²) in [5.41, 5.74) is 2.40. The zero-order chi connectivity index (χ0) is 16.5. The van der Waals surface area contributed by atoms with E-state index in [2.05, 4.69) is 23.5 Å². The molecule has 1 aromatic carbocycles. The molecule has 4 nitrogen and oxygen atoms in total. The number of carbonyl (C=O) groups is 1. The Morgan fingerprint density at radius 3 is 2.83 bits per heavy atom. The maximum absolute atomic E-state index is 12.7. The monoisotopic (exact) mass is 334 g/mol. The highest BCUT2D eigenvalue weighted by molar-refractivity contribution is 7.13. The number of thiophene rings is 1. The van der Waals surface area contributed by atoms with Gasteiger partial charge in [-0.25, -0.2) is 9.82 Å². The highest BCUT2D eigenvalue weighted by atomic mass is 32.1. The van der Waals surface area contributed by atoms with Crippen LogP contribution < -0.4 is 10.2 Å². The predicted molar refractivity (Wildman–Crippen MR) is 90.6 cm³/mol. The van der Waals surface area contributed by atoms with E-state index in [1.165, 1.54) is 42.0 Å². The second-order valence-corrected chi connectivity index (χ2v) is 6.14. The molecule has 2 rings (SSSR count). The number of rotatable bonds is 8. The molecule has 0 atom stereocenters. The van der Waals surface area contributed by atoms with Gasteiger partial charge in [-0.15, -0.1) is 11.3 Å². The number of nitrogens with one attached hydrogen (secondary N) is 1. The Morgan fingerprint density at radius 1 is 1.30 bits per heavy atom. The van der Waals surface area contributed by atoms with Crippen molar-refractivity contribution in [2.75, 3.05) is 6.61 Å². The molecule has 0 aliphatic rings. The van der Waals surface area contributed by atoms with Crippen LogP contribution in [0.5, 0.6) is 5.75 Å². The molecule has 0 saturated heterocycles. The van der Waals surface area contributed by atoms with Crippen molar-refractivity contribution in [1.29, 1.82) is 0 Å². The zero-order valence-electron chi connectivity index (χ0n) is 12.9. The van der Waals surface area contributed by atoms with Gasteiger partial charge in [0.15, 0.2) is 6.61 Å². The van der Waals surface area contributed by atoms with Crippen molar-refractivity contribution in [1.82, 2.24) is 5.43 Å². The van der Waals surface area contributed by atoms with E-state index in [-0.39, 0.29) is 18.3 Å². The number of hydrogen-bond acceptors (Lipinski definition) is 4. The molecule has 0 spiro atoms. The van der Waals surface area contributed by atoms with Crippen molar-refractivity contribution in [3.63, 3.8) is 0 Å². The molecular formula is C17H19FN2O2S. The average Bonchev–Trinajstić information content (AvgIpc) is 3.00. The van der Waals surface area contributed by atoms with Gasteiger partial charge in [-0.1, -0.05) is 13.3 Å². The number of benzene rings is 1. The summed E-state index contributed by atoms with van der Waals surface area (Å²) in [5.74, 6) is -0.279. The highest BCUT2D eigenvalue weighted by Gasteiger charge is 2.02. The Bertz CT molecular complexity index is 653. The molecule has 0 aliphatic carbocycles. The van der Waals surface area contributed by atoms with Crippen LogP contribution in [-0.2, 0) is 11.2 Å². The second kappa shape index (κ2) is 9.05. The fourth-order valence-electron chi connectivity index (χ4n) is 1.83. The number of carbonyl (C=O) groups excluding carboxylic acids is 1. The Balaban J connectivity index is 1.73. The summed E-state index contributed by atoms with van der Waals surface area (Å²) in [6.07, 6.45) is 5.04. The number of halogens is 1. The van der Waals surface area contributed by atoms with Crippen molar-refractivity contribution in [2.45, 2.75) is 26.2 Å². The first kappa shape index (κ1) is 17.1. The van der Waals surface area contributed by atoms with Crippen molar-refractivity contribution in [2.24, 2.45) is 5.10 Å². The van der Waals surface area contributed by atoms with Gasteiger partial charge in [-0.2, -0.15) is 5.10 Å². The quantitative estimate of drug-likeness (QED) is 0.590. The van der Waals surface area contributed by atoms with Gasteiger partial charge < -0.3 is 4.74 Å². The number of hydrogen-bond donors (Lipinski definition) is 1. The van der Waals surface area contributed by atoms with E-state index in [0.717, 1.165) is 11.3 Å². The van der Waals surface area contributed by atoms with Crippen molar-refractivity contribution in [3.8, 4) is 5.75 Å². The summed E-state index contributed by atoms with van der Waals surface area (Å²) in [6.45, 7) is 1.99. The topological polar surface area (TPSA) is 50.7 Å². The van der Waals surface area contributed by atoms with Gasteiger partial charge in [0.1, 0.15) is 11.6 Å². The van der Waals surface area contributed by atoms with E-state index in [9.17, 15) is 9.18 Å². The molecule has 122 valence electrons. The standard InChI is InChI=1S/C17H19FN2O2S/c1-2-3-4-15-9-10-16(23-15)11-19-20-17(21)12-22-14-7-5-13(18)6-8-14/h5-11H,2-4,12H2,1H3,(H,20,21)/b19-11+. The molecule has 1 aromatic heterocycles. The Morgan fingerprint density at radius 2 is 2.09 bits per heavy atom. The molecular weight excluding hydrogens is 315 g/mol. The first-order valence-corrected chi connectivity index (χ1v) is 8.28. The number of ether oxygens (including phenoxy) is 1. The third kappa shape index (κ3) is 6.20. The molecule has 1 heterocycles. The van der Waals surface area contributed by atoms with Crippen LogP contribution in [0.1, 0.15) is 29.5 Å². The summed E-state index contributed by atoms with van der Waals surface area (Å²) in [5, 5.41) is 3.91. The van der Waals surface area contributed by atoms with Gasteiger partial charge >= 0.3 is 0 Å². The summed E-state index contributed by atoms with van der Waals surface area (Å²) < 4.78 is 18.0. The van der Waals surface area contributed by atoms with Crippen LogP contribution in [0.25, 0.3) is 0 Å².